The van der Waals surface area contributed by atoms with Gasteiger partial charge in [0.1, 0.15) is 5.68 Å². The summed E-state index contributed by atoms with van der Waals surface area (Å²) in [5.41, 5.74) is 1.05. The third kappa shape index (κ3) is 0.296. The van der Waals surface area contributed by atoms with Crippen molar-refractivity contribution in [2.24, 2.45) is 0 Å². The second-order valence-corrected chi connectivity index (χ2v) is 1.53. The quantitative estimate of drug-likeness (QED) is 0.294. The first-order valence-corrected chi connectivity index (χ1v) is 2.01. The van der Waals surface area contributed by atoms with Gasteiger partial charge in [-0.3, -0.25) is 0 Å². The van der Waals surface area contributed by atoms with E-state index >= 15 is 0 Å². The van der Waals surface area contributed by atoms with Crippen molar-refractivity contribution in [3.63, 3.8) is 0 Å². The second-order valence-electron chi connectivity index (χ2n) is 1.53. The van der Waals surface area contributed by atoms with Crippen LogP contribution in [-0.2, 0) is 4.79 Å². The Morgan fingerprint density at radius 3 is 2.33 bits per heavy atom. The van der Waals surface area contributed by atoms with E-state index in [4.69, 9.17) is 0 Å². The fourth-order valence-corrected chi connectivity index (χ4v) is 0.404. The minimum atomic E-state index is 0.245. The average Bonchev–Trinajstić information content (AvgIpc) is 1.61. The molecule has 1 nitrogen and oxygen atoms in total. The highest BCUT2D eigenvalue weighted by atomic mass is 16.1. The molecule has 0 N–H and O–H groups in total. The van der Waals surface area contributed by atoms with Crippen LogP contribution in [0.25, 0.3) is 0 Å². The highest BCUT2D eigenvalue weighted by Gasteiger charge is 2.18. The molecule has 1 fully saturated rings. The van der Waals surface area contributed by atoms with Gasteiger partial charge in [0.15, 0.2) is 0 Å². The minimum absolute atomic E-state index is 0.245. The van der Waals surface area contributed by atoms with Gasteiger partial charge < -0.3 is 4.79 Å². The molecule has 2 heteroatoms. The molecule has 0 aliphatic carbocycles. The van der Waals surface area contributed by atoms with E-state index in [1.807, 2.05) is 0 Å². The van der Waals surface area contributed by atoms with Crippen LogP contribution < -0.4 is 0 Å². The van der Waals surface area contributed by atoms with Crippen molar-refractivity contribution < 1.29 is 4.79 Å². The molecule has 30 valence electrons. The van der Waals surface area contributed by atoms with Crippen LogP contribution >= 0.6 is 0 Å². The molecule has 0 aromatic rings. The lowest BCUT2D eigenvalue weighted by Crippen LogP contribution is -2.22. The first kappa shape index (κ1) is 3.66. The highest BCUT2D eigenvalue weighted by Crippen LogP contribution is 2.09. The molecule has 6 heavy (non-hydrogen) atoms. The van der Waals surface area contributed by atoms with Gasteiger partial charge in [-0.05, 0) is 11.9 Å². The Morgan fingerprint density at radius 1 is 1.83 bits per heavy atom. The summed E-state index contributed by atoms with van der Waals surface area (Å²) in [7, 11) is 0.735. The van der Waals surface area contributed by atoms with Crippen LogP contribution in [0.2, 0.25) is 6.32 Å². The molecule has 0 radical (unpaired) electrons. The highest BCUT2D eigenvalue weighted by molar-refractivity contribution is 6.84. The predicted octanol–water partition coefficient (Wildman–Crippen LogP) is -0.0624. The Bertz CT molecular complexity index is 92.1. The molecular weight excluding hydrogens is 74.9 g/mol. The molecule has 1 aliphatic rings. The zero-order chi connectivity index (χ0) is 4.57. The normalized spacial score (nSPS) is 19.3. The number of rotatable bonds is 0. The fraction of sp³-hybridized carbons (Fsp3) is 0.250. The maximum Gasteiger partial charge on any atom is 0.215 e. The fourth-order valence-electron chi connectivity index (χ4n) is 0.404. The van der Waals surface area contributed by atoms with E-state index in [1.54, 1.807) is 0 Å². The topological polar surface area (TPSA) is 17.1 Å². The summed E-state index contributed by atoms with van der Waals surface area (Å²) in [6, 6.07) is 0. The van der Waals surface area contributed by atoms with Gasteiger partial charge in [0.05, 0.1) is 0 Å². The second kappa shape index (κ2) is 0.967. The Morgan fingerprint density at radius 2 is 2.33 bits per heavy atom. The van der Waals surface area contributed by atoms with Crippen LogP contribution in [0.4, 0.5) is 0 Å². The zero-order valence-electron chi connectivity index (χ0n) is 3.53. The molecule has 0 aromatic carbocycles. The smallest absolute Gasteiger partial charge is 0.215 e. The Kier molecular flexibility index (Phi) is 0.590. The number of allylic oxidation sites excluding steroid dienone is 1. The van der Waals surface area contributed by atoms with Gasteiger partial charge in [-0.15, -0.1) is 0 Å². The van der Waals surface area contributed by atoms with Crippen molar-refractivity contribution in [2.75, 3.05) is 0 Å². The summed E-state index contributed by atoms with van der Waals surface area (Å²) >= 11 is 0. The lowest BCUT2D eigenvalue weighted by molar-refractivity contribution is -0.109. The molecule has 0 amide bonds. The van der Waals surface area contributed by atoms with Gasteiger partial charge >= 0.3 is 0 Å². The summed E-state index contributed by atoms with van der Waals surface area (Å²) in [4.78, 5) is 10.1. The van der Waals surface area contributed by atoms with E-state index in [-0.39, 0.29) is 5.68 Å². The van der Waals surface area contributed by atoms with Crippen molar-refractivity contribution in [2.45, 2.75) is 6.32 Å². The van der Waals surface area contributed by atoms with Gasteiger partial charge in [0, 0.05) is 0 Å². The first-order valence-electron chi connectivity index (χ1n) is 2.01. The number of carbonyl (C=O) groups excluding carboxylic acids is 1. The van der Waals surface area contributed by atoms with E-state index in [0.29, 0.717) is 0 Å². The summed E-state index contributed by atoms with van der Waals surface area (Å²) < 4.78 is 0. The van der Waals surface area contributed by atoms with E-state index in [0.717, 1.165) is 19.2 Å². The van der Waals surface area contributed by atoms with Crippen molar-refractivity contribution in [1.82, 2.24) is 0 Å². The zero-order valence-corrected chi connectivity index (χ0v) is 3.53. The monoisotopic (exact) mass is 80.0 g/mol. The maximum atomic E-state index is 10.1. The van der Waals surface area contributed by atoms with Gasteiger partial charge in [0.2, 0.25) is 7.28 Å². The third-order valence-corrected chi connectivity index (χ3v) is 1.05. The molecule has 0 unspecified atom stereocenters. The molecule has 0 atom stereocenters. The maximum absolute atomic E-state index is 10.1. The van der Waals surface area contributed by atoms with Crippen molar-refractivity contribution in [3.8, 4) is 0 Å². The first-order chi connectivity index (χ1) is 2.80. The van der Waals surface area contributed by atoms with Gasteiger partial charge in [0.25, 0.3) is 0 Å². The third-order valence-electron chi connectivity index (χ3n) is 1.05. The molecular formula is C4H5BO. The molecule has 1 saturated heterocycles. The van der Waals surface area contributed by atoms with Gasteiger partial charge in [-0.1, -0.05) is 6.58 Å². The lowest BCUT2D eigenvalue weighted by atomic mass is 9.53. The molecule has 1 heterocycles. The SMILES string of the molecule is C=C1CBC1=O. The Hall–Kier alpha value is -0.525. The van der Waals surface area contributed by atoms with Crippen LogP contribution in [0.5, 0.6) is 0 Å². The molecule has 1 rings (SSSR count). The van der Waals surface area contributed by atoms with Crippen LogP contribution in [0.1, 0.15) is 0 Å². The Balaban J connectivity index is 2.61. The number of hydrogen-bond donors (Lipinski definition) is 0. The van der Waals surface area contributed by atoms with Gasteiger partial charge in [-0.25, -0.2) is 0 Å². The van der Waals surface area contributed by atoms with Crippen LogP contribution in [-0.4, -0.2) is 13.0 Å². The average molecular weight is 79.9 g/mol. The summed E-state index contributed by atoms with van der Waals surface area (Å²) in [5, 5.41) is 0. The van der Waals surface area contributed by atoms with E-state index in [1.165, 1.54) is 0 Å². The minimum Gasteiger partial charge on any atom is -0.307 e. The predicted molar refractivity (Wildman–Crippen MR) is 26.1 cm³/mol. The van der Waals surface area contributed by atoms with Crippen molar-refractivity contribution in [1.29, 1.82) is 0 Å². The standard InChI is InChI=1S/C4H5BO/c1-3-2-5-4(3)6/h5H,1-2H2. The van der Waals surface area contributed by atoms with Crippen molar-refractivity contribution in [3.05, 3.63) is 12.2 Å². The van der Waals surface area contributed by atoms with Crippen LogP contribution in [0.15, 0.2) is 12.2 Å². The Labute approximate surface area is 37.3 Å². The molecule has 0 saturated carbocycles. The lowest BCUT2D eigenvalue weighted by Gasteiger charge is -2.08. The van der Waals surface area contributed by atoms with E-state index in [9.17, 15) is 4.79 Å². The molecule has 0 bridgehead atoms. The summed E-state index contributed by atoms with van der Waals surface area (Å²) in [6.45, 7) is 3.49. The number of carbonyl (C=O) groups is 1. The summed E-state index contributed by atoms with van der Waals surface area (Å²) in [6.07, 6.45) is 0.929. The molecule has 0 spiro atoms. The largest absolute Gasteiger partial charge is 0.307 e. The summed E-state index contributed by atoms with van der Waals surface area (Å²) in [5.74, 6) is 0. The van der Waals surface area contributed by atoms with E-state index in [2.05, 4.69) is 6.58 Å². The molecule has 0 aromatic heterocycles. The number of hydrogen-bond acceptors (Lipinski definition) is 1. The van der Waals surface area contributed by atoms with Crippen LogP contribution in [0.3, 0.4) is 0 Å². The molecule has 1 aliphatic heterocycles. The van der Waals surface area contributed by atoms with Gasteiger partial charge in [-0.2, -0.15) is 0 Å². The van der Waals surface area contributed by atoms with Crippen molar-refractivity contribution >= 4 is 13.0 Å². The van der Waals surface area contributed by atoms with Crippen LogP contribution in [0, 0.1) is 0 Å². The van der Waals surface area contributed by atoms with E-state index < -0.39 is 0 Å².